The summed E-state index contributed by atoms with van der Waals surface area (Å²) in [7, 11) is 3.78. The lowest BCUT2D eigenvalue weighted by molar-refractivity contribution is -0.135. The highest BCUT2D eigenvalue weighted by atomic mass is 32.1. The molecule has 0 saturated carbocycles. The summed E-state index contributed by atoms with van der Waals surface area (Å²) < 4.78 is 6.10. The van der Waals surface area contributed by atoms with Crippen LogP contribution in [0.5, 0.6) is 0 Å². The largest absolute Gasteiger partial charge is 0.380 e. The van der Waals surface area contributed by atoms with Gasteiger partial charge in [0.05, 0.1) is 23.0 Å². The van der Waals surface area contributed by atoms with Crippen molar-refractivity contribution in [3.8, 4) is 0 Å². The van der Waals surface area contributed by atoms with Gasteiger partial charge < -0.3 is 9.64 Å². The van der Waals surface area contributed by atoms with Gasteiger partial charge in [-0.1, -0.05) is 54.6 Å². The highest BCUT2D eigenvalue weighted by Gasteiger charge is 2.72. The number of methoxy groups -OCH3 is 1. The fourth-order valence-corrected chi connectivity index (χ4v) is 8.20. The summed E-state index contributed by atoms with van der Waals surface area (Å²) in [6.45, 7) is 4.42. The number of likely N-dealkylation sites (tertiary alicyclic amines) is 1. The van der Waals surface area contributed by atoms with Crippen LogP contribution in [0.2, 0.25) is 0 Å². The zero-order valence-electron chi connectivity index (χ0n) is 18.3. The average Bonchev–Trinajstić information content (AvgIpc) is 3.42. The molecular weight excluding hydrogens is 402 g/mol. The van der Waals surface area contributed by atoms with E-state index in [1.165, 1.54) is 27.1 Å². The smallest absolute Gasteiger partial charge is 0.227 e. The average molecular weight is 430 g/mol. The molecule has 4 heteroatoms. The standard InChI is InChI=1S/C27H27NO2S/c1-16(30-4)27-19-12-7-5-10-17(19)22(18-11-6-8-13-20(18)27)23-24(27)25(29)28(3)26(23,2)21-14-9-15-31-21/h5-16,22-24H,1-4H3/t16?,22?,23-,24+,26+,27?/m0/s1. The summed E-state index contributed by atoms with van der Waals surface area (Å²) in [6, 6.07) is 21.8. The van der Waals surface area contributed by atoms with Crippen LogP contribution in [0.3, 0.4) is 0 Å². The molecule has 3 nitrogen and oxygen atoms in total. The number of ether oxygens (including phenoxy) is 1. The lowest BCUT2D eigenvalue weighted by atomic mass is 9.44. The van der Waals surface area contributed by atoms with Crippen LogP contribution in [0.15, 0.2) is 66.0 Å². The number of hydrogen-bond donors (Lipinski definition) is 0. The quantitative estimate of drug-likeness (QED) is 0.576. The molecule has 3 aliphatic carbocycles. The molecule has 4 atom stereocenters. The lowest BCUT2D eigenvalue weighted by Crippen LogP contribution is -2.60. The van der Waals surface area contributed by atoms with Crippen molar-refractivity contribution < 1.29 is 9.53 Å². The molecule has 0 radical (unpaired) electrons. The van der Waals surface area contributed by atoms with Crippen molar-refractivity contribution in [3.63, 3.8) is 0 Å². The molecule has 31 heavy (non-hydrogen) atoms. The second-order valence-corrected chi connectivity index (χ2v) is 10.4. The van der Waals surface area contributed by atoms with Gasteiger partial charge >= 0.3 is 0 Å². The Kier molecular flexibility index (Phi) is 3.92. The minimum atomic E-state index is -0.498. The normalized spacial score (nSPS) is 33.7. The molecule has 0 spiro atoms. The van der Waals surface area contributed by atoms with Gasteiger partial charge in [0.1, 0.15) is 0 Å². The topological polar surface area (TPSA) is 29.5 Å². The fourth-order valence-electron chi connectivity index (χ4n) is 7.23. The summed E-state index contributed by atoms with van der Waals surface area (Å²) in [5, 5.41) is 2.13. The Bertz CT molecular complexity index is 1140. The Labute approximate surface area is 187 Å². The molecule has 1 amide bonds. The van der Waals surface area contributed by atoms with Gasteiger partial charge in [0, 0.05) is 30.9 Å². The van der Waals surface area contributed by atoms with E-state index in [2.05, 4.69) is 79.9 Å². The molecule has 1 fully saturated rings. The van der Waals surface area contributed by atoms with Crippen molar-refractivity contribution in [3.05, 3.63) is 93.2 Å². The number of rotatable bonds is 3. The molecular formula is C27H27NO2S. The van der Waals surface area contributed by atoms with E-state index in [-0.39, 0.29) is 35.3 Å². The van der Waals surface area contributed by atoms with Gasteiger partial charge in [-0.2, -0.15) is 0 Å². The molecule has 2 bridgehead atoms. The van der Waals surface area contributed by atoms with Crippen LogP contribution in [0.25, 0.3) is 0 Å². The van der Waals surface area contributed by atoms with Crippen LogP contribution in [-0.2, 0) is 20.5 Å². The number of thiophene rings is 1. The van der Waals surface area contributed by atoms with E-state index in [4.69, 9.17) is 4.74 Å². The van der Waals surface area contributed by atoms with Crippen LogP contribution in [-0.4, -0.2) is 31.1 Å². The van der Waals surface area contributed by atoms with Crippen molar-refractivity contribution in [2.45, 2.75) is 36.8 Å². The molecule has 1 unspecified atom stereocenters. The van der Waals surface area contributed by atoms with Gasteiger partial charge in [-0.3, -0.25) is 4.79 Å². The predicted molar refractivity (Wildman–Crippen MR) is 123 cm³/mol. The number of amides is 1. The predicted octanol–water partition coefficient (Wildman–Crippen LogP) is 5.15. The van der Waals surface area contributed by atoms with Crippen LogP contribution in [0, 0.1) is 11.8 Å². The summed E-state index contributed by atoms with van der Waals surface area (Å²) >= 11 is 1.76. The first-order valence-corrected chi connectivity index (χ1v) is 11.9. The van der Waals surface area contributed by atoms with Gasteiger partial charge in [0.25, 0.3) is 0 Å². The summed E-state index contributed by atoms with van der Waals surface area (Å²) in [5.41, 5.74) is 4.40. The number of carbonyl (C=O) groups is 1. The van der Waals surface area contributed by atoms with E-state index >= 15 is 0 Å². The van der Waals surface area contributed by atoms with Crippen molar-refractivity contribution in [1.82, 2.24) is 4.90 Å². The van der Waals surface area contributed by atoms with Crippen molar-refractivity contribution in [2.75, 3.05) is 14.2 Å². The van der Waals surface area contributed by atoms with Crippen LogP contribution < -0.4 is 0 Å². The number of carbonyl (C=O) groups excluding carboxylic acids is 1. The highest BCUT2D eigenvalue weighted by Crippen LogP contribution is 2.70. The Hall–Kier alpha value is -2.43. The summed E-state index contributed by atoms with van der Waals surface area (Å²) in [6.07, 6.45) is -0.133. The van der Waals surface area contributed by atoms with Crippen molar-refractivity contribution in [1.29, 1.82) is 0 Å². The van der Waals surface area contributed by atoms with Crippen LogP contribution in [0.4, 0.5) is 0 Å². The van der Waals surface area contributed by atoms with E-state index in [9.17, 15) is 4.79 Å². The van der Waals surface area contributed by atoms with E-state index in [1.807, 2.05) is 11.9 Å². The molecule has 7 rings (SSSR count). The second kappa shape index (κ2) is 6.30. The maximum absolute atomic E-state index is 14.2. The highest BCUT2D eigenvalue weighted by molar-refractivity contribution is 7.10. The van der Waals surface area contributed by atoms with Gasteiger partial charge in [-0.05, 0) is 47.5 Å². The molecule has 4 aliphatic rings. The third kappa shape index (κ3) is 2.02. The minimum Gasteiger partial charge on any atom is -0.380 e. The zero-order chi connectivity index (χ0) is 21.5. The Balaban J connectivity index is 1.76. The zero-order valence-corrected chi connectivity index (χ0v) is 19.1. The van der Waals surface area contributed by atoms with Gasteiger partial charge in [-0.15, -0.1) is 11.3 Å². The van der Waals surface area contributed by atoms with E-state index in [0.29, 0.717) is 0 Å². The van der Waals surface area contributed by atoms with Crippen molar-refractivity contribution in [2.24, 2.45) is 11.8 Å². The van der Waals surface area contributed by atoms with Crippen molar-refractivity contribution >= 4 is 17.2 Å². The first-order valence-electron chi connectivity index (χ1n) is 11.0. The molecule has 0 N–H and O–H groups in total. The molecule has 2 aromatic carbocycles. The maximum atomic E-state index is 14.2. The molecule has 1 aliphatic heterocycles. The van der Waals surface area contributed by atoms with E-state index in [1.54, 1.807) is 18.4 Å². The SMILES string of the molecule is COC(C)C12c3ccccc3C(c3ccccc31)[C@H]1[C@@H]2C(=O)N(C)[C@]1(C)c1cccs1. The summed E-state index contributed by atoms with van der Waals surface area (Å²) in [5.74, 6) is 0.406. The molecule has 2 heterocycles. The monoisotopic (exact) mass is 429 g/mol. The summed E-state index contributed by atoms with van der Waals surface area (Å²) in [4.78, 5) is 17.5. The Morgan fingerprint density at radius 2 is 1.61 bits per heavy atom. The maximum Gasteiger partial charge on any atom is 0.227 e. The van der Waals surface area contributed by atoms with Gasteiger partial charge in [0.2, 0.25) is 5.91 Å². The number of benzene rings is 2. The fraction of sp³-hybridized carbons (Fsp3) is 0.370. The molecule has 158 valence electrons. The van der Waals surface area contributed by atoms with E-state index < -0.39 is 5.41 Å². The Morgan fingerprint density at radius 1 is 1.00 bits per heavy atom. The van der Waals surface area contributed by atoms with Gasteiger partial charge in [0.15, 0.2) is 0 Å². The Morgan fingerprint density at radius 3 is 2.16 bits per heavy atom. The van der Waals surface area contributed by atoms with Crippen LogP contribution >= 0.6 is 11.3 Å². The first kappa shape index (κ1) is 19.3. The lowest BCUT2D eigenvalue weighted by Gasteiger charge is -2.58. The molecule has 3 aromatic rings. The third-order valence-corrected chi connectivity index (χ3v) is 9.75. The number of nitrogens with zero attached hydrogens (tertiary/aromatic N) is 1. The minimum absolute atomic E-state index is 0.133. The van der Waals surface area contributed by atoms with Crippen LogP contribution in [0.1, 0.15) is 46.9 Å². The molecule has 1 aromatic heterocycles. The van der Waals surface area contributed by atoms with Gasteiger partial charge in [-0.25, -0.2) is 0 Å². The van der Waals surface area contributed by atoms with E-state index in [0.717, 1.165) is 0 Å². The second-order valence-electron chi connectivity index (χ2n) is 9.42. The third-order valence-electron chi connectivity index (χ3n) is 8.65. The number of hydrogen-bond acceptors (Lipinski definition) is 3. The first-order chi connectivity index (χ1) is 15.0. The molecule has 1 saturated heterocycles.